The Labute approximate surface area is 108 Å². The fourth-order valence-electron chi connectivity index (χ4n) is 2.65. The minimum atomic E-state index is 0.0126. The molecule has 1 saturated carbocycles. The molecule has 0 saturated heterocycles. The third-order valence-corrected chi connectivity index (χ3v) is 3.90. The first-order valence-corrected chi connectivity index (χ1v) is 6.64. The Morgan fingerprint density at radius 2 is 2.00 bits per heavy atom. The lowest BCUT2D eigenvalue weighted by atomic mass is 9.93. The van der Waals surface area contributed by atoms with Crippen molar-refractivity contribution in [1.29, 1.82) is 0 Å². The maximum absolute atomic E-state index is 6.28. The molecule has 1 unspecified atom stereocenters. The maximum atomic E-state index is 6.28. The zero-order valence-electron chi connectivity index (χ0n) is 10.5. The van der Waals surface area contributed by atoms with Crippen LogP contribution in [0.5, 0.6) is 5.75 Å². The Bertz CT molecular complexity index is 397. The van der Waals surface area contributed by atoms with E-state index in [1.165, 1.54) is 31.2 Å². The van der Waals surface area contributed by atoms with Crippen LogP contribution >= 0.6 is 11.6 Å². The van der Waals surface area contributed by atoms with E-state index in [0.717, 1.165) is 11.3 Å². The summed E-state index contributed by atoms with van der Waals surface area (Å²) in [6.07, 6.45) is 5.06. The summed E-state index contributed by atoms with van der Waals surface area (Å²) in [5, 5.41) is 0.684. The lowest BCUT2D eigenvalue weighted by Gasteiger charge is -2.18. The third kappa shape index (κ3) is 2.58. The first-order chi connectivity index (χ1) is 8.13. The van der Waals surface area contributed by atoms with E-state index in [0.29, 0.717) is 10.9 Å². The van der Waals surface area contributed by atoms with Gasteiger partial charge in [-0.3, -0.25) is 0 Å². The number of nitrogens with two attached hydrogens (primary N) is 1. The summed E-state index contributed by atoms with van der Waals surface area (Å²) in [5.41, 5.74) is 8.28. The second kappa shape index (κ2) is 5.28. The summed E-state index contributed by atoms with van der Waals surface area (Å²) >= 11 is 6.28. The fraction of sp³-hybridized carbons (Fsp3) is 0.571. The summed E-state index contributed by atoms with van der Waals surface area (Å²) in [7, 11) is 1.69. The van der Waals surface area contributed by atoms with Crippen molar-refractivity contribution in [3.05, 3.63) is 28.3 Å². The number of benzene rings is 1. The molecule has 0 spiro atoms. The van der Waals surface area contributed by atoms with Crippen LogP contribution in [-0.4, -0.2) is 7.11 Å². The largest absolute Gasteiger partial charge is 0.495 e. The Kier molecular flexibility index (Phi) is 3.95. The van der Waals surface area contributed by atoms with E-state index in [1.807, 2.05) is 13.0 Å². The van der Waals surface area contributed by atoms with Crippen molar-refractivity contribution in [3.63, 3.8) is 0 Å². The molecular formula is C14H20ClNO. The molecule has 3 heteroatoms. The second-order valence-electron chi connectivity index (χ2n) is 4.90. The number of ether oxygens (including phenoxy) is 1. The number of methoxy groups -OCH3 is 1. The van der Waals surface area contributed by atoms with Crippen molar-refractivity contribution >= 4 is 11.6 Å². The van der Waals surface area contributed by atoms with Gasteiger partial charge < -0.3 is 10.5 Å². The number of hydrogen-bond donors (Lipinski definition) is 1. The van der Waals surface area contributed by atoms with Crippen LogP contribution in [-0.2, 0) is 0 Å². The van der Waals surface area contributed by atoms with Crippen LogP contribution in [0.25, 0.3) is 0 Å². The normalized spacial score (nSPS) is 18.4. The van der Waals surface area contributed by atoms with Crippen molar-refractivity contribution in [2.75, 3.05) is 7.11 Å². The molecule has 0 amide bonds. The highest BCUT2D eigenvalue weighted by atomic mass is 35.5. The Morgan fingerprint density at radius 1 is 1.35 bits per heavy atom. The van der Waals surface area contributed by atoms with Crippen LogP contribution in [0.15, 0.2) is 12.1 Å². The van der Waals surface area contributed by atoms with Crippen LogP contribution < -0.4 is 10.5 Å². The van der Waals surface area contributed by atoms with E-state index in [1.54, 1.807) is 7.11 Å². The highest BCUT2D eigenvalue weighted by molar-refractivity contribution is 6.32. The molecule has 0 radical (unpaired) electrons. The predicted octanol–water partition coefficient (Wildman–Crippen LogP) is 4.03. The van der Waals surface area contributed by atoms with Gasteiger partial charge in [-0.1, -0.05) is 30.5 Å². The Hall–Kier alpha value is -0.730. The first kappa shape index (κ1) is 12.7. The third-order valence-electron chi connectivity index (χ3n) is 3.62. The van der Waals surface area contributed by atoms with Gasteiger partial charge in [0.15, 0.2) is 0 Å². The van der Waals surface area contributed by atoms with Crippen LogP contribution in [0.2, 0.25) is 5.02 Å². The predicted molar refractivity (Wildman–Crippen MR) is 71.8 cm³/mol. The second-order valence-corrected chi connectivity index (χ2v) is 5.30. The zero-order valence-corrected chi connectivity index (χ0v) is 11.3. The van der Waals surface area contributed by atoms with Crippen LogP contribution in [0.3, 0.4) is 0 Å². The highest BCUT2D eigenvalue weighted by Crippen LogP contribution is 2.42. The highest BCUT2D eigenvalue weighted by Gasteiger charge is 2.23. The molecule has 0 bridgehead atoms. The van der Waals surface area contributed by atoms with Crippen molar-refractivity contribution < 1.29 is 4.74 Å². The van der Waals surface area contributed by atoms with E-state index in [2.05, 4.69) is 6.07 Å². The van der Waals surface area contributed by atoms with Crippen molar-refractivity contribution in [2.45, 2.75) is 44.6 Å². The molecule has 2 rings (SSSR count). The van der Waals surface area contributed by atoms with Crippen molar-refractivity contribution in [3.8, 4) is 5.75 Å². The van der Waals surface area contributed by atoms with Gasteiger partial charge in [0, 0.05) is 6.04 Å². The summed E-state index contributed by atoms with van der Waals surface area (Å²) < 4.78 is 5.45. The monoisotopic (exact) mass is 253 g/mol. The minimum Gasteiger partial charge on any atom is -0.495 e. The maximum Gasteiger partial charge on any atom is 0.140 e. The molecule has 1 fully saturated rings. The molecule has 2 N–H and O–H groups in total. The Balaban J connectivity index is 2.45. The molecule has 0 aromatic heterocycles. The number of hydrogen-bond acceptors (Lipinski definition) is 2. The first-order valence-electron chi connectivity index (χ1n) is 6.26. The fourth-order valence-corrected chi connectivity index (χ4v) is 2.97. The van der Waals surface area contributed by atoms with E-state index in [9.17, 15) is 0 Å². The van der Waals surface area contributed by atoms with Gasteiger partial charge in [-0.25, -0.2) is 0 Å². The topological polar surface area (TPSA) is 35.2 Å². The number of halogens is 1. The summed E-state index contributed by atoms with van der Waals surface area (Å²) in [5.74, 6) is 1.42. The van der Waals surface area contributed by atoms with Gasteiger partial charge in [-0.05, 0) is 42.9 Å². The molecule has 1 aromatic rings. The average molecular weight is 254 g/mol. The average Bonchev–Trinajstić information content (AvgIpc) is 2.81. The van der Waals surface area contributed by atoms with Gasteiger partial charge in [0.05, 0.1) is 12.1 Å². The molecule has 94 valence electrons. The summed E-state index contributed by atoms with van der Waals surface area (Å²) in [6.45, 7) is 1.98. The zero-order chi connectivity index (χ0) is 12.4. The summed E-state index contributed by atoms with van der Waals surface area (Å²) in [4.78, 5) is 0. The minimum absolute atomic E-state index is 0.0126. The standard InChI is InChI=1S/C14H20ClNO/c1-9(16)11-7-12(10-5-3-4-6-10)14(17-2)13(15)8-11/h7-10H,3-6,16H2,1-2H3. The van der Waals surface area contributed by atoms with E-state index in [-0.39, 0.29) is 6.04 Å². The van der Waals surface area contributed by atoms with Gasteiger partial charge in [-0.15, -0.1) is 0 Å². The lowest BCUT2D eigenvalue weighted by molar-refractivity contribution is 0.405. The van der Waals surface area contributed by atoms with Crippen molar-refractivity contribution in [2.24, 2.45) is 5.73 Å². The van der Waals surface area contributed by atoms with Gasteiger partial charge >= 0.3 is 0 Å². The molecule has 0 heterocycles. The van der Waals surface area contributed by atoms with Gasteiger partial charge in [0.25, 0.3) is 0 Å². The SMILES string of the molecule is COc1c(Cl)cc(C(C)N)cc1C1CCCC1. The molecular weight excluding hydrogens is 234 g/mol. The van der Waals surface area contributed by atoms with E-state index in [4.69, 9.17) is 22.1 Å². The lowest BCUT2D eigenvalue weighted by Crippen LogP contribution is -2.07. The molecule has 0 aliphatic heterocycles. The van der Waals surface area contributed by atoms with Crippen LogP contribution in [0.1, 0.15) is 55.7 Å². The molecule has 1 aliphatic rings. The van der Waals surface area contributed by atoms with Gasteiger partial charge in [0.2, 0.25) is 0 Å². The van der Waals surface area contributed by atoms with Crippen LogP contribution in [0.4, 0.5) is 0 Å². The summed E-state index contributed by atoms with van der Waals surface area (Å²) in [6, 6.07) is 4.10. The molecule has 1 aromatic carbocycles. The smallest absolute Gasteiger partial charge is 0.140 e. The van der Waals surface area contributed by atoms with Crippen molar-refractivity contribution in [1.82, 2.24) is 0 Å². The number of rotatable bonds is 3. The van der Waals surface area contributed by atoms with Crippen LogP contribution in [0, 0.1) is 0 Å². The Morgan fingerprint density at radius 3 is 2.53 bits per heavy atom. The van der Waals surface area contributed by atoms with Gasteiger partial charge in [-0.2, -0.15) is 0 Å². The quantitative estimate of drug-likeness (QED) is 0.883. The van der Waals surface area contributed by atoms with E-state index < -0.39 is 0 Å². The molecule has 1 aliphatic carbocycles. The molecule has 2 nitrogen and oxygen atoms in total. The van der Waals surface area contributed by atoms with Gasteiger partial charge in [0.1, 0.15) is 5.75 Å². The molecule has 1 atom stereocenters. The van der Waals surface area contributed by atoms with E-state index >= 15 is 0 Å². The molecule has 17 heavy (non-hydrogen) atoms.